The number of amides is 1. The van der Waals surface area contributed by atoms with Crippen LogP contribution in [-0.2, 0) is 22.4 Å². The predicted molar refractivity (Wildman–Crippen MR) is 146 cm³/mol. The standard InChI is InChI=1S/C29H35ClN4O2/c1-19-5-3-6-20(2)34(19)18-28(36)33-26(17-22-7-4-8-24(30)16-22)27(35)12-10-21-9-11-25-23(15-21)13-14-32-29(25)31/h4,7-9,11,13-16,19-20,26H,3,5-6,10,12,17-18H2,1-2H3,(H2,31,32)(H,33,36)/t19-,20+,26-/m0/s1. The van der Waals surface area contributed by atoms with E-state index < -0.39 is 6.04 Å². The van der Waals surface area contributed by atoms with Crippen LogP contribution < -0.4 is 11.1 Å². The summed E-state index contributed by atoms with van der Waals surface area (Å²) in [6.45, 7) is 4.65. The fourth-order valence-electron chi connectivity index (χ4n) is 5.19. The molecule has 7 heteroatoms. The normalized spacial score (nSPS) is 19.2. The number of rotatable bonds is 9. The van der Waals surface area contributed by atoms with E-state index in [2.05, 4.69) is 29.0 Å². The minimum Gasteiger partial charge on any atom is -0.383 e. The third kappa shape index (κ3) is 6.62. The van der Waals surface area contributed by atoms with Crippen molar-refractivity contribution in [3.8, 4) is 0 Å². The highest BCUT2D eigenvalue weighted by Crippen LogP contribution is 2.23. The average Bonchev–Trinajstić information content (AvgIpc) is 2.84. The van der Waals surface area contributed by atoms with Crippen LogP contribution in [0.1, 0.15) is 50.7 Å². The molecule has 0 aliphatic carbocycles. The second-order valence-electron chi connectivity index (χ2n) is 9.97. The topological polar surface area (TPSA) is 88.3 Å². The van der Waals surface area contributed by atoms with E-state index in [9.17, 15) is 9.59 Å². The number of aromatic nitrogens is 1. The van der Waals surface area contributed by atoms with Gasteiger partial charge >= 0.3 is 0 Å². The minimum atomic E-state index is -0.605. The van der Waals surface area contributed by atoms with Crippen molar-refractivity contribution in [3.63, 3.8) is 0 Å². The number of piperidine rings is 1. The quantitative estimate of drug-likeness (QED) is 0.428. The van der Waals surface area contributed by atoms with Gasteiger partial charge in [-0.2, -0.15) is 0 Å². The molecule has 3 aromatic rings. The smallest absolute Gasteiger partial charge is 0.234 e. The first kappa shape index (κ1) is 26.1. The van der Waals surface area contributed by atoms with Crippen LogP contribution in [0.2, 0.25) is 5.02 Å². The van der Waals surface area contributed by atoms with Crippen molar-refractivity contribution in [3.05, 3.63) is 70.9 Å². The summed E-state index contributed by atoms with van der Waals surface area (Å²) >= 11 is 6.18. The lowest BCUT2D eigenvalue weighted by Crippen LogP contribution is -2.51. The number of nitrogens with zero attached hydrogens (tertiary/aromatic N) is 2. The van der Waals surface area contributed by atoms with Gasteiger partial charge in [-0.25, -0.2) is 4.98 Å². The van der Waals surface area contributed by atoms with Crippen molar-refractivity contribution >= 4 is 39.9 Å². The van der Waals surface area contributed by atoms with Crippen LogP contribution in [-0.4, -0.2) is 46.2 Å². The Morgan fingerprint density at radius 1 is 1.11 bits per heavy atom. The summed E-state index contributed by atoms with van der Waals surface area (Å²) in [4.78, 5) is 32.8. The Balaban J connectivity index is 1.45. The molecule has 1 amide bonds. The van der Waals surface area contributed by atoms with Gasteiger partial charge in [-0.05, 0) is 74.2 Å². The second-order valence-corrected chi connectivity index (χ2v) is 10.4. The zero-order valence-electron chi connectivity index (χ0n) is 21.0. The third-order valence-electron chi connectivity index (χ3n) is 7.27. The molecule has 2 aromatic carbocycles. The number of Topliss-reactive ketones (excluding diaryl/α,β-unsaturated/α-hetero) is 1. The number of nitrogens with two attached hydrogens (primary N) is 1. The summed E-state index contributed by atoms with van der Waals surface area (Å²) in [6.07, 6.45) is 6.39. The molecule has 4 rings (SSSR count). The van der Waals surface area contributed by atoms with Gasteiger partial charge in [-0.1, -0.05) is 48.4 Å². The summed E-state index contributed by atoms with van der Waals surface area (Å²) in [5.74, 6) is 0.402. The second kappa shape index (κ2) is 11.8. The van der Waals surface area contributed by atoms with Gasteiger partial charge in [0.2, 0.25) is 5.91 Å². The molecular formula is C29H35ClN4O2. The number of nitrogen functional groups attached to an aromatic ring is 1. The molecule has 3 atom stereocenters. The van der Waals surface area contributed by atoms with Crippen molar-refractivity contribution in [1.82, 2.24) is 15.2 Å². The number of fused-ring (bicyclic) bond motifs is 1. The molecule has 0 bridgehead atoms. The van der Waals surface area contributed by atoms with Crippen molar-refractivity contribution in [1.29, 1.82) is 0 Å². The Morgan fingerprint density at radius 3 is 2.64 bits per heavy atom. The van der Waals surface area contributed by atoms with Crippen molar-refractivity contribution < 1.29 is 9.59 Å². The maximum absolute atomic E-state index is 13.4. The van der Waals surface area contributed by atoms with Gasteiger partial charge in [0.15, 0.2) is 5.78 Å². The van der Waals surface area contributed by atoms with Crippen LogP contribution in [0.4, 0.5) is 5.82 Å². The number of nitrogens with one attached hydrogen (secondary N) is 1. The summed E-state index contributed by atoms with van der Waals surface area (Å²) in [7, 11) is 0. The lowest BCUT2D eigenvalue weighted by molar-refractivity contribution is -0.129. The SMILES string of the molecule is C[C@@H]1CCC[C@H](C)N1CC(=O)N[C@@H](Cc1cccc(Cl)c1)C(=O)CCc1ccc2c(N)nccc2c1. The van der Waals surface area contributed by atoms with E-state index in [1.807, 2.05) is 48.5 Å². The Morgan fingerprint density at radius 2 is 1.89 bits per heavy atom. The van der Waals surface area contributed by atoms with E-state index >= 15 is 0 Å². The number of hydrogen-bond acceptors (Lipinski definition) is 5. The Bertz CT molecular complexity index is 1220. The monoisotopic (exact) mass is 506 g/mol. The highest BCUT2D eigenvalue weighted by molar-refractivity contribution is 6.30. The van der Waals surface area contributed by atoms with Gasteiger partial charge in [0, 0.05) is 35.1 Å². The maximum atomic E-state index is 13.4. The first-order chi connectivity index (χ1) is 17.3. The number of anilines is 1. The molecule has 2 heterocycles. The van der Waals surface area contributed by atoms with Crippen molar-refractivity contribution in [2.24, 2.45) is 0 Å². The number of pyridine rings is 1. The van der Waals surface area contributed by atoms with Gasteiger partial charge in [-0.3, -0.25) is 14.5 Å². The summed E-state index contributed by atoms with van der Waals surface area (Å²) in [6, 6.07) is 15.5. The van der Waals surface area contributed by atoms with E-state index in [-0.39, 0.29) is 11.7 Å². The van der Waals surface area contributed by atoms with E-state index in [0.717, 1.165) is 34.7 Å². The zero-order chi connectivity index (χ0) is 25.7. The van der Waals surface area contributed by atoms with Crippen molar-refractivity contribution in [2.75, 3.05) is 12.3 Å². The number of aryl methyl sites for hydroxylation is 1. The molecule has 1 saturated heterocycles. The molecule has 6 nitrogen and oxygen atoms in total. The van der Waals surface area contributed by atoms with Gasteiger partial charge in [0.1, 0.15) is 5.82 Å². The zero-order valence-corrected chi connectivity index (χ0v) is 21.8. The largest absolute Gasteiger partial charge is 0.383 e. The highest BCUT2D eigenvalue weighted by Gasteiger charge is 2.28. The molecule has 1 aliphatic heterocycles. The minimum absolute atomic E-state index is 0.0115. The number of ketones is 1. The number of carbonyl (C=O) groups excluding carboxylic acids is 2. The highest BCUT2D eigenvalue weighted by atomic mass is 35.5. The van der Waals surface area contributed by atoms with Crippen LogP contribution in [0.3, 0.4) is 0 Å². The Hall–Kier alpha value is -2.96. The van der Waals surface area contributed by atoms with E-state index in [1.54, 1.807) is 6.20 Å². The molecule has 1 aromatic heterocycles. The van der Waals surface area contributed by atoms with Crippen LogP contribution >= 0.6 is 11.6 Å². The number of carbonyl (C=O) groups is 2. The molecule has 1 aliphatic rings. The Labute approximate surface area is 218 Å². The molecule has 0 unspecified atom stereocenters. The number of benzene rings is 2. The predicted octanol–water partition coefficient (Wildman–Crippen LogP) is 4.96. The lowest BCUT2D eigenvalue weighted by atomic mass is 9.96. The molecule has 0 spiro atoms. The molecule has 0 saturated carbocycles. The lowest BCUT2D eigenvalue weighted by Gasteiger charge is -2.38. The van der Waals surface area contributed by atoms with Gasteiger partial charge < -0.3 is 11.1 Å². The molecule has 3 N–H and O–H groups in total. The van der Waals surface area contributed by atoms with Crippen LogP contribution in [0.15, 0.2) is 54.7 Å². The molecule has 1 fully saturated rings. The van der Waals surface area contributed by atoms with Gasteiger partial charge in [-0.15, -0.1) is 0 Å². The number of halogens is 1. The molecular weight excluding hydrogens is 472 g/mol. The van der Waals surface area contributed by atoms with E-state index in [4.69, 9.17) is 17.3 Å². The van der Waals surface area contributed by atoms with E-state index in [0.29, 0.717) is 48.7 Å². The fraction of sp³-hybridized carbons (Fsp3) is 0.414. The third-order valence-corrected chi connectivity index (χ3v) is 7.51. The first-order valence-electron chi connectivity index (χ1n) is 12.8. The van der Waals surface area contributed by atoms with Crippen LogP contribution in [0.25, 0.3) is 10.8 Å². The molecule has 0 radical (unpaired) electrons. The number of hydrogen-bond donors (Lipinski definition) is 2. The molecule has 190 valence electrons. The van der Waals surface area contributed by atoms with Gasteiger partial charge in [0.05, 0.1) is 12.6 Å². The first-order valence-corrected chi connectivity index (χ1v) is 13.1. The van der Waals surface area contributed by atoms with Gasteiger partial charge in [0.25, 0.3) is 0 Å². The summed E-state index contributed by atoms with van der Waals surface area (Å²) in [5, 5.41) is 5.57. The molecule has 36 heavy (non-hydrogen) atoms. The average molecular weight is 507 g/mol. The Kier molecular flexibility index (Phi) is 8.60. The number of likely N-dealkylation sites (tertiary alicyclic amines) is 1. The van der Waals surface area contributed by atoms with Crippen molar-refractivity contribution in [2.45, 2.75) is 70.5 Å². The van der Waals surface area contributed by atoms with E-state index in [1.165, 1.54) is 6.42 Å². The fourth-order valence-corrected chi connectivity index (χ4v) is 5.40. The van der Waals surface area contributed by atoms with Crippen LogP contribution in [0.5, 0.6) is 0 Å². The van der Waals surface area contributed by atoms with Crippen LogP contribution in [0, 0.1) is 0 Å². The summed E-state index contributed by atoms with van der Waals surface area (Å²) in [5.41, 5.74) is 7.94. The summed E-state index contributed by atoms with van der Waals surface area (Å²) < 4.78 is 0. The maximum Gasteiger partial charge on any atom is 0.234 e.